The Morgan fingerprint density at radius 2 is 2.12 bits per heavy atom. The second-order valence-corrected chi connectivity index (χ2v) is 2.15. The highest BCUT2D eigenvalue weighted by atomic mass is 32.2. The molecule has 0 aromatic heterocycles. The van der Waals surface area contributed by atoms with E-state index in [1.807, 2.05) is 0 Å². The number of rotatable bonds is 3. The quantitative estimate of drug-likeness (QED) is 0.453. The van der Waals surface area contributed by atoms with Gasteiger partial charge in [-0.2, -0.15) is 0 Å². The third-order valence-corrected chi connectivity index (χ3v) is 0.922. The van der Waals surface area contributed by atoms with Crippen LogP contribution in [0.4, 0.5) is 0 Å². The van der Waals surface area contributed by atoms with E-state index in [1.54, 1.807) is 0 Å². The van der Waals surface area contributed by atoms with Crippen molar-refractivity contribution in [1.29, 1.82) is 0 Å². The first-order valence-corrected chi connectivity index (χ1v) is 3.23. The number of hydrogen-bond donors (Lipinski definition) is 2. The Kier molecular flexibility index (Phi) is 3.18. The van der Waals surface area contributed by atoms with Gasteiger partial charge in [0.15, 0.2) is 0 Å². The molecule has 4 nitrogen and oxygen atoms in total. The lowest BCUT2D eigenvalue weighted by Crippen LogP contribution is -2.13. The fourth-order valence-corrected chi connectivity index (χ4v) is 0.494. The molecule has 1 amide bonds. The van der Waals surface area contributed by atoms with Crippen LogP contribution in [-0.4, -0.2) is 20.1 Å². The number of thiol groups is 1. The van der Waals surface area contributed by atoms with Gasteiger partial charge in [-0.15, -0.1) is 0 Å². The van der Waals surface area contributed by atoms with E-state index in [9.17, 15) is 13.2 Å². The fraction of sp³-hybridized carbons (Fsp3) is 0.333. The van der Waals surface area contributed by atoms with Gasteiger partial charge in [0, 0.05) is 0 Å². The first kappa shape index (κ1) is 7.42. The van der Waals surface area contributed by atoms with E-state index < -0.39 is 16.6 Å². The molecule has 1 radical (unpaired) electrons. The van der Waals surface area contributed by atoms with Crippen molar-refractivity contribution < 1.29 is 13.2 Å². The zero-order chi connectivity index (χ0) is 6.57. The van der Waals surface area contributed by atoms with Gasteiger partial charge < -0.3 is 5.73 Å². The summed E-state index contributed by atoms with van der Waals surface area (Å²) in [6.45, 7) is 0. The zero-order valence-electron chi connectivity index (χ0n) is 4.03. The summed E-state index contributed by atoms with van der Waals surface area (Å²) in [5.74, 6) is -0.964. The molecule has 0 fully saturated rings. The Bertz CT molecular complexity index is 143. The van der Waals surface area contributed by atoms with Crippen LogP contribution >= 0.6 is 0 Å². The van der Waals surface area contributed by atoms with Crippen LogP contribution in [0.3, 0.4) is 0 Å². The number of carbonyl (C=O) groups excluding carboxylic acids is 1. The van der Waals surface area contributed by atoms with Crippen molar-refractivity contribution in [2.45, 2.75) is 0 Å². The first-order valence-electron chi connectivity index (χ1n) is 1.87. The maximum absolute atomic E-state index is 9.80. The van der Waals surface area contributed by atoms with E-state index in [-0.39, 0.29) is 5.75 Å². The Labute approximate surface area is 48.6 Å². The van der Waals surface area contributed by atoms with Gasteiger partial charge in [0.05, 0.1) is 12.2 Å². The lowest BCUT2D eigenvalue weighted by Gasteiger charge is -1.81. The van der Waals surface area contributed by atoms with Gasteiger partial charge in [0.1, 0.15) is 10.7 Å². The summed E-state index contributed by atoms with van der Waals surface area (Å²) in [7, 11) is -2.49. The van der Waals surface area contributed by atoms with Crippen molar-refractivity contribution in [3.8, 4) is 0 Å². The minimum atomic E-state index is -2.49. The van der Waals surface area contributed by atoms with Crippen LogP contribution in [-0.2, 0) is 15.5 Å². The van der Waals surface area contributed by atoms with Crippen LogP contribution in [0.15, 0.2) is 0 Å². The minimum Gasteiger partial charge on any atom is -0.369 e. The van der Waals surface area contributed by atoms with Crippen LogP contribution in [0.25, 0.3) is 0 Å². The third kappa shape index (κ3) is 5.42. The molecule has 5 heteroatoms. The summed E-state index contributed by atoms with van der Waals surface area (Å²) in [6, 6.07) is 0. The molecule has 0 spiro atoms. The van der Waals surface area contributed by atoms with Crippen LogP contribution in [0, 0.1) is 6.42 Å². The van der Waals surface area contributed by atoms with Gasteiger partial charge >= 0.3 is 0 Å². The minimum absolute atomic E-state index is 0.259. The van der Waals surface area contributed by atoms with E-state index in [0.29, 0.717) is 0 Å². The van der Waals surface area contributed by atoms with Crippen molar-refractivity contribution in [3.05, 3.63) is 6.42 Å². The summed E-state index contributed by atoms with van der Waals surface area (Å²) in [4.78, 5) is 9.80. The predicted octanol–water partition coefficient (Wildman–Crippen LogP) is -1.71. The lowest BCUT2D eigenvalue weighted by atomic mass is 10.5. The molecular formula is C3H6NO3S. The molecule has 0 saturated heterocycles. The topological polar surface area (TPSA) is 77.2 Å². The van der Waals surface area contributed by atoms with Crippen LogP contribution in [0.1, 0.15) is 0 Å². The molecule has 0 aliphatic carbocycles. The van der Waals surface area contributed by atoms with E-state index in [0.717, 1.165) is 6.42 Å². The van der Waals surface area contributed by atoms with E-state index in [4.69, 9.17) is 0 Å². The van der Waals surface area contributed by atoms with Crippen molar-refractivity contribution in [1.82, 2.24) is 0 Å². The summed E-state index contributed by atoms with van der Waals surface area (Å²) in [5.41, 5.74) is 4.58. The molecule has 0 aromatic rings. The maximum atomic E-state index is 9.80. The molecule has 0 unspecified atom stereocenters. The van der Waals surface area contributed by atoms with Gasteiger partial charge in [-0.05, 0) is 0 Å². The van der Waals surface area contributed by atoms with Crippen LogP contribution in [0.2, 0.25) is 0 Å². The molecule has 0 aliphatic rings. The molecule has 0 bridgehead atoms. The summed E-state index contributed by atoms with van der Waals surface area (Å²) in [6.07, 6.45) is 0.908. The second kappa shape index (κ2) is 3.43. The van der Waals surface area contributed by atoms with Crippen molar-refractivity contribution in [2.24, 2.45) is 5.73 Å². The molecule has 47 valence electrons. The molecule has 0 heterocycles. The van der Waals surface area contributed by atoms with E-state index in [1.165, 1.54) is 0 Å². The van der Waals surface area contributed by atoms with Crippen molar-refractivity contribution >= 4 is 16.6 Å². The number of carbonyl (C=O) groups is 1. The summed E-state index contributed by atoms with van der Waals surface area (Å²) >= 11 is 0. The molecule has 0 atom stereocenters. The smallest absolute Gasteiger partial charge is 0.222 e. The molecule has 0 aliphatic heterocycles. The number of amides is 1. The second-order valence-electron chi connectivity index (χ2n) is 1.12. The molecule has 2 N–H and O–H groups in total. The largest absolute Gasteiger partial charge is 0.369 e. The standard InChI is InChI=1S/C3H6NO3S/c4-3(5)1-2-8(6)7/h1,8H,2H2,(H2,4,5). The van der Waals surface area contributed by atoms with E-state index in [2.05, 4.69) is 5.73 Å². The first-order chi connectivity index (χ1) is 3.63. The third-order valence-electron chi connectivity index (χ3n) is 0.442. The Hall–Kier alpha value is -0.580. The SMILES string of the molecule is NC(=O)[CH]C[SH](=O)=O. The summed E-state index contributed by atoms with van der Waals surface area (Å²) < 4.78 is 19.4. The van der Waals surface area contributed by atoms with Gasteiger partial charge in [-0.25, -0.2) is 8.42 Å². The highest BCUT2D eigenvalue weighted by Gasteiger charge is 1.93. The monoisotopic (exact) mass is 136 g/mol. The Morgan fingerprint density at radius 1 is 1.62 bits per heavy atom. The van der Waals surface area contributed by atoms with Crippen molar-refractivity contribution in [3.63, 3.8) is 0 Å². The fourth-order valence-electron chi connectivity index (χ4n) is 0.165. The van der Waals surface area contributed by atoms with Crippen LogP contribution < -0.4 is 5.73 Å². The predicted molar refractivity (Wildman–Crippen MR) is 28.7 cm³/mol. The highest BCUT2D eigenvalue weighted by molar-refractivity contribution is 7.72. The molecular weight excluding hydrogens is 130 g/mol. The van der Waals surface area contributed by atoms with Gasteiger partial charge in [0.25, 0.3) is 0 Å². The Balaban J connectivity index is 3.32. The number of hydrogen-bond acceptors (Lipinski definition) is 3. The van der Waals surface area contributed by atoms with Gasteiger partial charge in [-0.1, -0.05) is 0 Å². The molecule has 0 rings (SSSR count). The Morgan fingerprint density at radius 3 is 2.25 bits per heavy atom. The van der Waals surface area contributed by atoms with Gasteiger partial charge in [0.2, 0.25) is 5.91 Å². The molecule has 0 aromatic carbocycles. The molecule has 8 heavy (non-hydrogen) atoms. The summed E-state index contributed by atoms with van der Waals surface area (Å²) in [5, 5.41) is 0. The number of primary amides is 1. The number of nitrogens with two attached hydrogens (primary N) is 1. The van der Waals surface area contributed by atoms with Crippen molar-refractivity contribution in [2.75, 3.05) is 5.75 Å². The highest BCUT2D eigenvalue weighted by Crippen LogP contribution is 1.72. The molecule has 0 saturated carbocycles. The normalized spacial score (nSPS) is 9.62. The lowest BCUT2D eigenvalue weighted by molar-refractivity contribution is -0.114. The average Bonchev–Trinajstić information content (AvgIpc) is 1.61. The van der Waals surface area contributed by atoms with Crippen LogP contribution in [0.5, 0.6) is 0 Å². The van der Waals surface area contributed by atoms with Gasteiger partial charge in [-0.3, -0.25) is 4.79 Å². The average molecular weight is 136 g/mol. The van der Waals surface area contributed by atoms with E-state index >= 15 is 0 Å². The maximum Gasteiger partial charge on any atom is 0.222 e. The zero-order valence-corrected chi connectivity index (χ0v) is 4.93.